The Morgan fingerprint density at radius 3 is 2.56 bits per heavy atom. The molecule has 0 fully saturated rings. The molecule has 1 unspecified atom stereocenters. The van der Waals surface area contributed by atoms with Gasteiger partial charge in [0.25, 0.3) is 0 Å². The summed E-state index contributed by atoms with van der Waals surface area (Å²) in [6.45, 7) is 8.26. The molecule has 3 heteroatoms. The van der Waals surface area contributed by atoms with Crippen molar-refractivity contribution in [3.63, 3.8) is 0 Å². The van der Waals surface area contributed by atoms with E-state index in [1.165, 1.54) is 16.7 Å². The van der Waals surface area contributed by atoms with Crippen molar-refractivity contribution in [1.82, 2.24) is 5.32 Å². The van der Waals surface area contributed by atoms with Gasteiger partial charge in [0.2, 0.25) is 0 Å². The first-order chi connectivity index (χ1) is 8.54. The molecule has 0 spiro atoms. The lowest BCUT2D eigenvalue weighted by atomic mass is 10.0. The molecule has 0 heterocycles. The summed E-state index contributed by atoms with van der Waals surface area (Å²) in [5.74, 6) is 0.973. The highest BCUT2D eigenvalue weighted by Crippen LogP contribution is 2.22. The third kappa shape index (κ3) is 4.67. The Labute approximate surface area is 111 Å². The highest BCUT2D eigenvalue weighted by atomic mass is 16.5. The number of benzene rings is 1. The molecule has 0 aromatic heterocycles. The Kier molecular flexibility index (Phi) is 6.16. The predicted molar refractivity (Wildman–Crippen MR) is 77.3 cm³/mol. The van der Waals surface area contributed by atoms with Gasteiger partial charge in [0.05, 0.1) is 7.11 Å². The van der Waals surface area contributed by atoms with E-state index in [0.717, 1.165) is 31.7 Å². The first-order valence-electron chi connectivity index (χ1n) is 6.65. The van der Waals surface area contributed by atoms with Crippen molar-refractivity contribution in [2.45, 2.75) is 39.7 Å². The Hall–Kier alpha value is -1.06. The van der Waals surface area contributed by atoms with Gasteiger partial charge in [0, 0.05) is 6.04 Å². The number of nitrogens with one attached hydrogen (secondary N) is 1. The van der Waals surface area contributed by atoms with E-state index in [2.05, 4.69) is 31.3 Å². The van der Waals surface area contributed by atoms with E-state index in [0.29, 0.717) is 0 Å². The van der Waals surface area contributed by atoms with Crippen molar-refractivity contribution in [2.24, 2.45) is 5.73 Å². The molecule has 0 bridgehead atoms. The largest absolute Gasteiger partial charge is 0.496 e. The van der Waals surface area contributed by atoms with Crippen LogP contribution in [0.2, 0.25) is 0 Å². The van der Waals surface area contributed by atoms with Crippen molar-refractivity contribution in [3.8, 4) is 5.75 Å². The van der Waals surface area contributed by atoms with Crippen LogP contribution in [0.15, 0.2) is 12.1 Å². The van der Waals surface area contributed by atoms with E-state index in [9.17, 15) is 0 Å². The molecule has 0 aliphatic carbocycles. The lowest BCUT2D eigenvalue weighted by Gasteiger charge is -2.12. The summed E-state index contributed by atoms with van der Waals surface area (Å²) in [5, 5.41) is 3.43. The van der Waals surface area contributed by atoms with Crippen LogP contribution in [0.4, 0.5) is 0 Å². The molecule has 0 saturated carbocycles. The predicted octanol–water partition coefficient (Wildman–Crippen LogP) is 2.18. The van der Waals surface area contributed by atoms with Crippen molar-refractivity contribution >= 4 is 0 Å². The fraction of sp³-hybridized carbons (Fsp3) is 0.600. The smallest absolute Gasteiger partial charge is 0.122 e. The van der Waals surface area contributed by atoms with E-state index in [1.54, 1.807) is 7.11 Å². The molecule has 3 N–H and O–H groups in total. The highest BCUT2D eigenvalue weighted by Gasteiger charge is 2.04. The van der Waals surface area contributed by atoms with Gasteiger partial charge >= 0.3 is 0 Å². The molecule has 102 valence electrons. The molecule has 1 aromatic carbocycles. The standard InChI is InChI=1S/C15H26N2O/c1-11-10-15(18-4)12(2)9-14(11)6-8-17-7-5-13(3)16/h9-10,13,17H,5-8,16H2,1-4H3. The van der Waals surface area contributed by atoms with Gasteiger partial charge in [0.15, 0.2) is 0 Å². The van der Waals surface area contributed by atoms with Crippen LogP contribution >= 0.6 is 0 Å². The second-order valence-electron chi connectivity index (χ2n) is 5.01. The Morgan fingerprint density at radius 1 is 1.22 bits per heavy atom. The molecule has 0 radical (unpaired) electrons. The van der Waals surface area contributed by atoms with Crippen LogP contribution < -0.4 is 15.8 Å². The minimum absolute atomic E-state index is 0.280. The molecular formula is C15H26N2O. The average Bonchev–Trinajstić information content (AvgIpc) is 2.32. The quantitative estimate of drug-likeness (QED) is 0.729. The second kappa shape index (κ2) is 7.39. The number of hydrogen-bond acceptors (Lipinski definition) is 3. The van der Waals surface area contributed by atoms with Crippen LogP contribution in [-0.2, 0) is 6.42 Å². The summed E-state index contributed by atoms with van der Waals surface area (Å²) in [7, 11) is 1.72. The molecule has 1 rings (SSSR count). The SMILES string of the molecule is COc1cc(C)c(CCNCCC(C)N)cc1C. The van der Waals surface area contributed by atoms with E-state index >= 15 is 0 Å². The van der Waals surface area contributed by atoms with Gasteiger partial charge in [-0.15, -0.1) is 0 Å². The zero-order valence-electron chi connectivity index (χ0n) is 12.0. The van der Waals surface area contributed by atoms with Gasteiger partial charge in [-0.1, -0.05) is 6.07 Å². The third-order valence-corrected chi connectivity index (χ3v) is 3.20. The first-order valence-corrected chi connectivity index (χ1v) is 6.65. The molecule has 0 aliphatic heterocycles. The molecule has 1 atom stereocenters. The van der Waals surface area contributed by atoms with E-state index in [4.69, 9.17) is 10.5 Å². The minimum Gasteiger partial charge on any atom is -0.496 e. The number of aryl methyl sites for hydroxylation is 2. The van der Waals surface area contributed by atoms with Crippen LogP contribution in [0.1, 0.15) is 30.0 Å². The summed E-state index contributed by atoms with van der Waals surface area (Å²) in [5.41, 5.74) is 9.60. The lowest BCUT2D eigenvalue weighted by molar-refractivity contribution is 0.411. The second-order valence-corrected chi connectivity index (χ2v) is 5.01. The number of rotatable bonds is 7. The molecular weight excluding hydrogens is 224 g/mol. The number of ether oxygens (including phenoxy) is 1. The van der Waals surface area contributed by atoms with Crippen molar-refractivity contribution in [1.29, 1.82) is 0 Å². The Balaban J connectivity index is 2.45. The number of methoxy groups -OCH3 is 1. The Bertz CT molecular complexity index is 375. The fourth-order valence-corrected chi connectivity index (χ4v) is 2.02. The fourth-order valence-electron chi connectivity index (χ4n) is 2.02. The van der Waals surface area contributed by atoms with Crippen LogP contribution in [0.25, 0.3) is 0 Å². The molecule has 18 heavy (non-hydrogen) atoms. The summed E-state index contributed by atoms with van der Waals surface area (Å²) >= 11 is 0. The first kappa shape index (κ1) is 15.0. The van der Waals surface area contributed by atoms with Crippen LogP contribution in [0.3, 0.4) is 0 Å². The van der Waals surface area contributed by atoms with Crippen LogP contribution in [0.5, 0.6) is 5.75 Å². The third-order valence-electron chi connectivity index (χ3n) is 3.20. The maximum absolute atomic E-state index is 5.71. The van der Waals surface area contributed by atoms with Gasteiger partial charge in [-0.05, 0) is 69.5 Å². The van der Waals surface area contributed by atoms with Gasteiger partial charge in [0.1, 0.15) is 5.75 Å². The summed E-state index contributed by atoms with van der Waals surface area (Å²) in [6.07, 6.45) is 2.08. The molecule has 1 aromatic rings. The number of nitrogens with two attached hydrogens (primary N) is 1. The lowest BCUT2D eigenvalue weighted by Crippen LogP contribution is -2.25. The minimum atomic E-state index is 0.280. The zero-order chi connectivity index (χ0) is 13.5. The van der Waals surface area contributed by atoms with E-state index in [-0.39, 0.29) is 6.04 Å². The monoisotopic (exact) mass is 250 g/mol. The van der Waals surface area contributed by atoms with Crippen molar-refractivity contribution in [2.75, 3.05) is 20.2 Å². The number of hydrogen-bond donors (Lipinski definition) is 2. The maximum Gasteiger partial charge on any atom is 0.122 e. The van der Waals surface area contributed by atoms with E-state index < -0.39 is 0 Å². The van der Waals surface area contributed by atoms with Crippen LogP contribution in [0, 0.1) is 13.8 Å². The zero-order valence-corrected chi connectivity index (χ0v) is 12.0. The maximum atomic E-state index is 5.71. The summed E-state index contributed by atoms with van der Waals surface area (Å²) in [4.78, 5) is 0. The van der Waals surface area contributed by atoms with Gasteiger partial charge < -0.3 is 15.8 Å². The molecule has 0 amide bonds. The van der Waals surface area contributed by atoms with Crippen LogP contribution in [-0.4, -0.2) is 26.2 Å². The van der Waals surface area contributed by atoms with E-state index in [1.807, 2.05) is 6.92 Å². The summed E-state index contributed by atoms with van der Waals surface area (Å²) in [6, 6.07) is 4.62. The average molecular weight is 250 g/mol. The topological polar surface area (TPSA) is 47.3 Å². The highest BCUT2D eigenvalue weighted by molar-refractivity contribution is 5.41. The van der Waals surface area contributed by atoms with Gasteiger partial charge in [-0.3, -0.25) is 0 Å². The molecule has 3 nitrogen and oxygen atoms in total. The molecule has 0 aliphatic rings. The van der Waals surface area contributed by atoms with Crippen molar-refractivity contribution in [3.05, 3.63) is 28.8 Å². The van der Waals surface area contributed by atoms with Crippen molar-refractivity contribution < 1.29 is 4.74 Å². The Morgan fingerprint density at radius 2 is 1.94 bits per heavy atom. The normalized spacial score (nSPS) is 12.5. The summed E-state index contributed by atoms with van der Waals surface area (Å²) < 4.78 is 5.32. The van der Waals surface area contributed by atoms with Gasteiger partial charge in [-0.25, -0.2) is 0 Å². The van der Waals surface area contributed by atoms with Gasteiger partial charge in [-0.2, -0.15) is 0 Å². The molecule has 0 saturated heterocycles.